The van der Waals surface area contributed by atoms with Crippen molar-refractivity contribution in [3.05, 3.63) is 29.4 Å². The van der Waals surface area contributed by atoms with E-state index < -0.39 is 0 Å². The first kappa shape index (κ1) is 7.85. The van der Waals surface area contributed by atoms with Crippen molar-refractivity contribution in [1.29, 1.82) is 0 Å². The second-order valence-electron chi connectivity index (χ2n) is 2.46. The Labute approximate surface area is 66.4 Å². The molecule has 3 nitrogen and oxygen atoms in total. The SMILES string of the molecule is CN/N=c1/c(C)cccn1C. The van der Waals surface area contributed by atoms with Crippen LogP contribution in [0.25, 0.3) is 0 Å². The maximum Gasteiger partial charge on any atom is 0.155 e. The van der Waals surface area contributed by atoms with E-state index >= 15 is 0 Å². The van der Waals surface area contributed by atoms with E-state index in [4.69, 9.17) is 0 Å². The van der Waals surface area contributed by atoms with Gasteiger partial charge in [0.25, 0.3) is 0 Å². The summed E-state index contributed by atoms with van der Waals surface area (Å²) >= 11 is 0. The van der Waals surface area contributed by atoms with Gasteiger partial charge in [-0.2, -0.15) is 5.10 Å². The molecule has 0 aromatic carbocycles. The average molecular weight is 151 g/mol. The fourth-order valence-corrected chi connectivity index (χ4v) is 1.01. The van der Waals surface area contributed by atoms with Gasteiger partial charge >= 0.3 is 0 Å². The number of hydrogen-bond acceptors (Lipinski definition) is 2. The normalized spacial score (nSPS) is 11.7. The zero-order chi connectivity index (χ0) is 8.27. The van der Waals surface area contributed by atoms with Crippen LogP contribution in [-0.4, -0.2) is 11.6 Å². The number of pyridine rings is 1. The Hall–Kier alpha value is -1.25. The summed E-state index contributed by atoms with van der Waals surface area (Å²) in [5.41, 5.74) is 4.91. The summed E-state index contributed by atoms with van der Waals surface area (Å²) in [6, 6.07) is 4.04. The van der Waals surface area contributed by atoms with Gasteiger partial charge in [0, 0.05) is 20.3 Å². The second kappa shape index (κ2) is 3.23. The average Bonchev–Trinajstić information content (AvgIpc) is 1.97. The highest BCUT2D eigenvalue weighted by molar-refractivity contribution is 5.06. The number of aromatic nitrogens is 1. The predicted molar refractivity (Wildman–Crippen MR) is 44.8 cm³/mol. The first-order valence-electron chi connectivity index (χ1n) is 3.58. The van der Waals surface area contributed by atoms with Gasteiger partial charge in [0.2, 0.25) is 0 Å². The van der Waals surface area contributed by atoms with Gasteiger partial charge in [0.1, 0.15) is 0 Å². The molecule has 1 N–H and O–H groups in total. The highest BCUT2D eigenvalue weighted by atomic mass is 15.3. The molecule has 1 rings (SSSR count). The van der Waals surface area contributed by atoms with Crippen molar-refractivity contribution < 1.29 is 0 Å². The van der Waals surface area contributed by atoms with Crippen molar-refractivity contribution in [3.63, 3.8) is 0 Å². The lowest BCUT2D eigenvalue weighted by atomic mass is 10.3. The molecule has 0 atom stereocenters. The van der Waals surface area contributed by atoms with Gasteiger partial charge < -0.3 is 9.99 Å². The Morgan fingerprint density at radius 3 is 2.82 bits per heavy atom. The van der Waals surface area contributed by atoms with Crippen LogP contribution in [0.3, 0.4) is 0 Å². The minimum atomic E-state index is 0.968. The molecule has 0 saturated heterocycles. The summed E-state index contributed by atoms with van der Waals surface area (Å²) in [4.78, 5) is 0. The van der Waals surface area contributed by atoms with Gasteiger partial charge in [0.05, 0.1) is 0 Å². The van der Waals surface area contributed by atoms with Gasteiger partial charge in [-0.15, -0.1) is 0 Å². The predicted octanol–water partition coefficient (Wildman–Crippen LogP) is 0.369. The highest BCUT2D eigenvalue weighted by Crippen LogP contribution is 1.85. The molecule has 0 aliphatic carbocycles. The number of aryl methyl sites for hydroxylation is 2. The van der Waals surface area contributed by atoms with Crippen LogP contribution >= 0.6 is 0 Å². The molecule has 3 heteroatoms. The summed E-state index contributed by atoms with van der Waals surface area (Å²) in [5, 5.41) is 4.12. The molecule has 0 bridgehead atoms. The summed E-state index contributed by atoms with van der Waals surface area (Å²) in [6.45, 7) is 2.04. The fraction of sp³-hybridized carbons (Fsp3) is 0.375. The molecular weight excluding hydrogens is 138 g/mol. The smallest absolute Gasteiger partial charge is 0.155 e. The molecular formula is C8H13N3. The first-order valence-corrected chi connectivity index (χ1v) is 3.58. The van der Waals surface area contributed by atoms with E-state index in [1.54, 1.807) is 7.05 Å². The minimum Gasteiger partial charge on any atom is -0.334 e. The molecule has 0 fully saturated rings. The van der Waals surface area contributed by atoms with Crippen LogP contribution < -0.4 is 10.9 Å². The van der Waals surface area contributed by atoms with E-state index in [-0.39, 0.29) is 0 Å². The van der Waals surface area contributed by atoms with E-state index in [1.165, 1.54) is 5.56 Å². The summed E-state index contributed by atoms with van der Waals surface area (Å²) in [5.74, 6) is 0. The zero-order valence-corrected chi connectivity index (χ0v) is 7.13. The van der Waals surface area contributed by atoms with Crippen molar-refractivity contribution in [2.45, 2.75) is 6.92 Å². The van der Waals surface area contributed by atoms with Gasteiger partial charge in [-0.25, -0.2) is 0 Å². The number of hydrogen-bond donors (Lipinski definition) is 1. The summed E-state index contributed by atoms with van der Waals surface area (Å²) in [7, 11) is 3.77. The van der Waals surface area contributed by atoms with E-state index in [0.29, 0.717) is 0 Å². The minimum absolute atomic E-state index is 0.968. The lowest BCUT2D eigenvalue weighted by Crippen LogP contribution is -2.22. The van der Waals surface area contributed by atoms with Crippen molar-refractivity contribution in [2.24, 2.45) is 12.1 Å². The van der Waals surface area contributed by atoms with Crippen molar-refractivity contribution in [2.75, 3.05) is 7.05 Å². The summed E-state index contributed by atoms with van der Waals surface area (Å²) in [6.07, 6.45) is 1.98. The second-order valence-corrected chi connectivity index (χ2v) is 2.46. The van der Waals surface area contributed by atoms with Gasteiger partial charge in [-0.3, -0.25) is 0 Å². The van der Waals surface area contributed by atoms with Crippen molar-refractivity contribution >= 4 is 0 Å². The van der Waals surface area contributed by atoms with Crippen molar-refractivity contribution in [3.8, 4) is 0 Å². The summed E-state index contributed by atoms with van der Waals surface area (Å²) < 4.78 is 1.98. The van der Waals surface area contributed by atoms with E-state index in [1.807, 2.05) is 36.9 Å². The van der Waals surface area contributed by atoms with Gasteiger partial charge in [-0.05, 0) is 18.6 Å². The molecule has 1 aromatic rings. The van der Waals surface area contributed by atoms with E-state index in [9.17, 15) is 0 Å². The Bertz CT molecular complexity index is 275. The van der Waals surface area contributed by atoms with E-state index in [2.05, 4.69) is 10.5 Å². The molecule has 0 aliphatic rings. The molecule has 0 amide bonds. The monoisotopic (exact) mass is 151 g/mol. The third kappa shape index (κ3) is 1.61. The first-order chi connectivity index (χ1) is 5.25. The third-order valence-electron chi connectivity index (χ3n) is 1.56. The third-order valence-corrected chi connectivity index (χ3v) is 1.56. The molecule has 1 heterocycles. The quantitative estimate of drug-likeness (QED) is 0.577. The molecule has 60 valence electrons. The number of nitrogens with one attached hydrogen (secondary N) is 1. The van der Waals surface area contributed by atoms with E-state index in [0.717, 1.165) is 5.49 Å². The highest BCUT2D eigenvalue weighted by Gasteiger charge is 1.89. The molecule has 0 saturated carbocycles. The lowest BCUT2D eigenvalue weighted by molar-refractivity contribution is 0.747. The van der Waals surface area contributed by atoms with Crippen molar-refractivity contribution in [1.82, 2.24) is 9.99 Å². The van der Waals surface area contributed by atoms with Gasteiger partial charge in [0.15, 0.2) is 5.49 Å². The largest absolute Gasteiger partial charge is 0.334 e. The Kier molecular flexibility index (Phi) is 2.31. The molecule has 0 radical (unpaired) electrons. The number of rotatable bonds is 1. The van der Waals surface area contributed by atoms with Crippen LogP contribution in [0.15, 0.2) is 23.4 Å². The van der Waals surface area contributed by atoms with Crippen LogP contribution in [0.1, 0.15) is 5.56 Å². The maximum absolute atomic E-state index is 4.12. The topological polar surface area (TPSA) is 29.3 Å². The van der Waals surface area contributed by atoms with Crippen LogP contribution in [0.4, 0.5) is 0 Å². The van der Waals surface area contributed by atoms with Crippen LogP contribution in [-0.2, 0) is 7.05 Å². The maximum atomic E-state index is 4.12. The van der Waals surface area contributed by atoms with Gasteiger partial charge in [-0.1, -0.05) is 6.07 Å². The lowest BCUT2D eigenvalue weighted by Gasteiger charge is -2.01. The molecule has 0 unspecified atom stereocenters. The van der Waals surface area contributed by atoms with Crippen LogP contribution in [0.5, 0.6) is 0 Å². The molecule has 1 aromatic heterocycles. The standard InChI is InChI=1S/C8H13N3/c1-7-5-4-6-11(3)8(7)10-9-2/h4-6,9H,1-3H3/b10-8-. The Morgan fingerprint density at radius 1 is 1.55 bits per heavy atom. The molecule has 0 spiro atoms. The number of nitrogens with zero attached hydrogens (tertiary/aromatic N) is 2. The molecule has 11 heavy (non-hydrogen) atoms. The fourth-order valence-electron chi connectivity index (χ4n) is 1.01. The van der Waals surface area contributed by atoms with Crippen LogP contribution in [0.2, 0.25) is 0 Å². The zero-order valence-electron chi connectivity index (χ0n) is 7.13. The van der Waals surface area contributed by atoms with Crippen LogP contribution in [0, 0.1) is 6.92 Å². The Balaban J connectivity index is 3.32. The Morgan fingerprint density at radius 2 is 2.27 bits per heavy atom. The molecule has 0 aliphatic heterocycles.